The molecule has 0 amide bonds. The van der Waals surface area contributed by atoms with Crippen LogP contribution >= 0.6 is 0 Å². The maximum absolute atomic E-state index is 12.3. The fourth-order valence-corrected chi connectivity index (χ4v) is 1.68. The standard InChI is InChI=1S/C15H12F2O4/c16-15(17)21-12-7-6-11(14(18)19)8-13(12)20-9-10-4-2-1-3-5-10/h1-8,15H,9H2,(H,18,19). The van der Waals surface area contributed by atoms with Gasteiger partial charge < -0.3 is 14.6 Å². The Balaban J connectivity index is 2.21. The van der Waals surface area contributed by atoms with Gasteiger partial charge in [0.15, 0.2) is 11.5 Å². The molecule has 0 spiro atoms. The molecule has 0 unspecified atom stereocenters. The Kier molecular flexibility index (Phi) is 4.71. The molecule has 2 aromatic rings. The zero-order valence-electron chi connectivity index (χ0n) is 10.8. The first kappa shape index (κ1) is 14.8. The van der Waals surface area contributed by atoms with Crippen LogP contribution in [0.5, 0.6) is 11.5 Å². The van der Waals surface area contributed by atoms with Crippen LogP contribution in [-0.4, -0.2) is 17.7 Å². The van der Waals surface area contributed by atoms with Crippen molar-refractivity contribution >= 4 is 5.97 Å². The summed E-state index contributed by atoms with van der Waals surface area (Å²) in [5.41, 5.74) is 0.751. The van der Waals surface area contributed by atoms with Crippen LogP contribution in [0, 0.1) is 0 Å². The molecule has 1 N–H and O–H groups in total. The minimum Gasteiger partial charge on any atom is -0.485 e. The SMILES string of the molecule is O=C(O)c1ccc(OC(F)F)c(OCc2ccccc2)c1. The zero-order chi connectivity index (χ0) is 15.2. The summed E-state index contributed by atoms with van der Waals surface area (Å²) in [6.45, 7) is -2.90. The van der Waals surface area contributed by atoms with E-state index in [-0.39, 0.29) is 23.7 Å². The molecule has 21 heavy (non-hydrogen) atoms. The molecular weight excluding hydrogens is 282 g/mol. The van der Waals surface area contributed by atoms with E-state index in [1.54, 1.807) is 12.1 Å². The van der Waals surface area contributed by atoms with Gasteiger partial charge in [-0.3, -0.25) is 0 Å². The molecule has 0 saturated heterocycles. The van der Waals surface area contributed by atoms with Gasteiger partial charge >= 0.3 is 12.6 Å². The van der Waals surface area contributed by atoms with Gasteiger partial charge in [-0.05, 0) is 23.8 Å². The Bertz CT molecular complexity index is 614. The average Bonchev–Trinajstić information content (AvgIpc) is 2.46. The molecule has 0 aliphatic heterocycles. The molecule has 110 valence electrons. The number of hydrogen-bond acceptors (Lipinski definition) is 3. The van der Waals surface area contributed by atoms with E-state index in [1.165, 1.54) is 6.07 Å². The Hall–Kier alpha value is -2.63. The highest BCUT2D eigenvalue weighted by Gasteiger charge is 2.14. The molecule has 0 atom stereocenters. The van der Waals surface area contributed by atoms with Gasteiger partial charge in [0, 0.05) is 0 Å². The molecule has 0 saturated carbocycles. The number of aromatic carboxylic acids is 1. The van der Waals surface area contributed by atoms with Gasteiger partial charge in [0.1, 0.15) is 6.61 Å². The fraction of sp³-hybridized carbons (Fsp3) is 0.133. The van der Waals surface area contributed by atoms with Crippen LogP contribution in [0.15, 0.2) is 48.5 Å². The van der Waals surface area contributed by atoms with Crippen LogP contribution < -0.4 is 9.47 Å². The van der Waals surface area contributed by atoms with Gasteiger partial charge in [-0.25, -0.2) is 4.79 Å². The Labute approximate surface area is 119 Å². The highest BCUT2D eigenvalue weighted by molar-refractivity contribution is 5.88. The van der Waals surface area contributed by atoms with Crippen LogP contribution in [0.3, 0.4) is 0 Å². The summed E-state index contributed by atoms with van der Waals surface area (Å²) in [4.78, 5) is 10.9. The number of hydrogen-bond donors (Lipinski definition) is 1. The molecule has 2 aromatic carbocycles. The molecule has 0 aromatic heterocycles. The van der Waals surface area contributed by atoms with Crippen molar-refractivity contribution in [2.24, 2.45) is 0 Å². The smallest absolute Gasteiger partial charge is 0.387 e. The second-order valence-corrected chi connectivity index (χ2v) is 4.12. The van der Waals surface area contributed by atoms with Crippen LogP contribution in [0.4, 0.5) is 8.78 Å². The molecule has 0 aliphatic rings. The van der Waals surface area contributed by atoms with E-state index < -0.39 is 12.6 Å². The summed E-state index contributed by atoms with van der Waals surface area (Å²) in [5.74, 6) is -1.42. The number of rotatable bonds is 6. The third-order valence-electron chi connectivity index (χ3n) is 2.64. The van der Waals surface area contributed by atoms with Crippen LogP contribution in [0.2, 0.25) is 0 Å². The molecule has 0 fully saturated rings. The van der Waals surface area contributed by atoms with E-state index >= 15 is 0 Å². The van der Waals surface area contributed by atoms with Crippen molar-refractivity contribution in [2.45, 2.75) is 13.2 Å². The van der Waals surface area contributed by atoms with Crippen LogP contribution in [0.1, 0.15) is 15.9 Å². The average molecular weight is 294 g/mol. The third kappa shape index (κ3) is 4.17. The maximum atomic E-state index is 12.3. The molecule has 0 aliphatic carbocycles. The summed E-state index contributed by atoms with van der Waals surface area (Å²) in [6.07, 6.45) is 0. The van der Waals surface area contributed by atoms with E-state index in [1.807, 2.05) is 18.2 Å². The maximum Gasteiger partial charge on any atom is 0.387 e. The zero-order valence-corrected chi connectivity index (χ0v) is 10.8. The summed E-state index contributed by atoms with van der Waals surface area (Å²) < 4.78 is 34.4. The first-order valence-electron chi connectivity index (χ1n) is 6.05. The van der Waals surface area contributed by atoms with Crippen molar-refractivity contribution in [3.8, 4) is 11.5 Å². The summed E-state index contributed by atoms with van der Waals surface area (Å²) in [7, 11) is 0. The monoisotopic (exact) mass is 294 g/mol. The quantitative estimate of drug-likeness (QED) is 0.885. The highest BCUT2D eigenvalue weighted by atomic mass is 19.3. The first-order valence-corrected chi connectivity index (χ1v) is 6.05. The number of ether oxygens (including phenoxy) is 2. The predicted octanol–water partition coefficient (Wildman–Crippen LogP) is 3.57. The van der Waals surface area contributed by atoms with E-state index in [2.05, 4.69) is 4.74 Å². The summed E-state index contributed by atoms with van der Waals surface area (Å²) in [5, 5.41) is 8.92. The number of carbonyl (C=O) groups is 1. The van der Waals surface area contributed by atoms with E-state index in [0.29, 0.717) is 0 Å². The van der Waals surface area contributed by atoms with Gasteiger partial charge in [0.25, 0.3) is 0 Å². The largest absolute Gasteiger partial charge is 0.485 e. The Morgan fingerprint density at radius 3 is 2.43 bits per heavy atom. The van der Waals surface area contributed by atoms with E-state index in [4.69, 9.17) is 9.84 Å². The molecule has 0 radical (unpaired) electrons. The molecular formula is C15H12F2O4. The van der Waals surface area contributed by atoms with Gasteiger partial charge in [0.05, 0.1) is 5.56 Å². The summed E-state index contributed by atoms with van der Waals surface area (Å²) in [6, 6.07) is 12.5. The Morgan fingerprint density at radius 1 is 1.10 bits per heavy atom. The minimum atomic E-state index is -3.01. The molecule has 0 bridgehead atoms. The van der Waals surface area contributed by atoms with Gasteiger partial charge in [-0.2, -0.15) is 8.78 Å². The topological polar surface area (TPSA) is 55.8 Å². The van der Waals surface area contributed by atoms with Crippen molar-refractivity contribution in [2.75, 3.05) is 0 Å². The summed E-state index contributed by atoms with van der Waals surface area (Å²) >= 11 is 0. The van der Waals surface area contributed by atoms with E-state index in [9.17, 15) is 13.6 Å². The van der Waals surface area contributed by atoms with Crippen molar-refractivity contribution in [1.29, 1.82) is 0 Å². The third-order valence-corrected chi connectivity index (χ3v) is 2.64. The number of alkyl halides is 2. The van der Waals surface area contributed by atoms with Crippen molar-refractivity contribution < 1.29 is 28.2 Å². The number of carboxylic acids is 1. The number of carboxylic acid groups (broad SMARTS) is 1. The first-order chi connectivity index (χ1) is 10.1. The number of halogens is 2. The molecule has 2 rings (SSSR count). The van der Waals surface area contributed by atoms with Crippen LogP contribution in [0.25, 0.3) is 0 Å². The molecule has 6 heteroatoms. The lowest BCUT2D eigenvalue weighted by Crippen LogP contribution is -2.06. The molecule has 0 heterocycles. The van der Waals surface area contributed by atoms with Crippen LogP contribution in [-0.2, 0) is 6.61 Å². The number of benzene rings is 2. The van der Waals surface area contributed by atoms with Crippen molar-refractivity contribution in [3.63, 3.8) is 0 Å². The van der Waals surface area contributed by atoms with Crippen molar-refractivity contribution in [1.82, 2.24) is 0 Å². The van der Waals surface area contributed by atoms with Gasteiger partial charge in [-0.1, -0.05) is 30.3 Å². The fourth-order valence-electron chi connectivity index (χ4n) is 1.68. The molecule has 4 nitrogen and oxygen atoms in total. The lowest BCUT2D eigenvalue weighted by Gasteiger charge is -2.13. The van der Waals surface area contributed by atoms with E-state index in [0.717, 1.165) is 17.7 Å². The van der Waals surface area contributed by atoms with Gasteiger partial charge in [0.2, 0.25) is 0 Å². The second kappa shape index (κ2) is 6.69. The predicted molar refractivity (Wildman–Crippen MR) is 70.8 cm³/mol. The van der Waals surface area contributed by atoms with Crippen molar-refractivity contribution in [3.05, 3.63) is 59.7 Å². The second-order valence-electron chi connectivity index (χ2n) is 4.12. The highest BCUT2D eigenvalue weighted by Crippen LogP contribution is 2.30. The minimum absolute atomic E-state index is 0.0425. The normalized spacial score (nSPS) is 10.4. The Morgan fingerprint density at radius 2 is 1.81 bits per heavy atom. The lowest BCUT2D eigenvalue weighted by atomic mass is 10.2. The van der Waals surface area contributed by atoms with Gasteiger partial charge in [-0.15, -0.1) is 0 Å². The lowest BCUT2D eigenvalue weighted by molar-refractivity contribution is -0.0515.